The molecule has 1 unspecified atom stereocenters. The van der Waals surface area contributed by atoms with Crippen LogP contribution < -0.4 is 5.73 Å². The third-order valence-electron chi connectivity index (χ3n) is 3.04. The Morgan fingerprint density at radius 1 is 1.71 bits per heavy atom. The van der Waals surface area contributed by atoms with Crippen molar-refractivity contribution in [3.8, 4) is 0 Å². The van der Waals surface area contributed by atoms with Gasteiger partial charge in [-0.25, -0.2) is 0 Å². The van der Waals surface area contributed by atoms with Crippen molar-refractivity contribution in [2.45, 2.75) is 19.4 Å². The van der Waals surface area contributed by atoms with Gasteiger partial charge in [0, 0.05) is 24.6 Å². The Labute approximate surface area is 101 Å². The highest BCUT2D eigenvalue weighted by Gasteiger charge is 2.27. The maximum atomic E-state index is 12.3. The average Bonchev–Trinajstić information content (AvgIpc) is 2.38. The molecule has 1 fully saturated rings. The minimum atomic E-state index is -0.0502. The molecule has 1 aliphatic heterocycles. The number of hydrogen-bond acceptors (Lipinski definition) is 4. The molecular weight excluding hydrogens is 218 g/mol. The molecule has 0 radical (unpaired) electrons. The van der Waals surface area contributed by atoms with Crippen LogP contribution in [0.25, 0.3) is 0 Å². The Bertz CT molecular complexity index is 408. The molecule has 0 spiro atoms. The SMILES string of the molecule is CCC1COCCN1C(=O)c1cnccc1N. The number of carbonyl (C=O) groups is 1. The number of morpholine rings is 1. The van der Waals surface area contributed by atoms with Crippen molar-refractivity contribution in [3.63, 3.8) is 0 Å². The molecule has 1 aromatic rings. The standard InChI is InChI=1S/C12H17N3O2/c1-2-9-8-17-6-5-15(9)12(16)10-7-14-4-3-11(10)13/h3-4,7,9H,2,5-6,8H2,1H3,(H2,13,14). The summed E-state index contributed by atoms with van der Waals surface area (Å²) >= 11 is 0. The number of aromatic nitrogens is 1. The summed E-state index contributed by atoms with van der Waals surface area (Å²) in [5.41, 5.74) is 6.75. The molecule has 1 amide bonds. The van der Waals surface area contributed by atoms with Crippen LogP contribution in [0.1, 0.15) is 23.7 Å². The van der Waals surface area contributed by atoms with Gasteiger partial charge in [-0.05, 0) is 12.5 Å². The summed E-state index contributed by atoms with van der Waals surface area (Å²) < 4.78 is 5.38. The molecule has 1 aromatic heterocycles. The predicted molar refractivity (Wildman–Crippen MR) is 64.6 cm³/mol. The molecule has 1 aliphatic rings. The van der Waals surface area contributed by atoms with Gasteiger partial charge in [-0.2, -0.15) is 0 Å². The fourth-order valence-corrected chi connectivity index (χ4v) is 2.00. The van der Waals surface area contributed by atoms with Crippen molar-refractivity contribution >= 4 is 11.6 Å². The molecule has 2 N–H and O–H groups in total. The summed E-state index contributed by atoms with van der Waals surface area (Å²) in [6, 6.07) is 1.78. The molecule has 92 valence electrons. The summed E-state index contributed by atoms with van der Waals surface area (Å²) in [5.74, 6) is -0.0502. The fraction of sp³-hybridized carbons (Fsp3) is 0.500. The first-order valence-corrected chi connectivity index (χ1v) is 5.82. The monoisotopic (exact) mass is 235 g/mol. The van der Waals surface area contributed by atoms with E-state index >= 15 is 0 Å². The van der Waals surface area contributed by atoms with Crippen molar-refractivity contribution in [2.75, 3.05) is 25.5 Å². The Morgan fingerprint density at radius 2 is 2.53 bits per heavy atom. The van der Waals surface area contributed by atoms with E-state index in [4.69, 9.17) is 10.5 Å². The topological polar surface area (TPSA) is 68.5 Å². The van der Waals surface area contributed by atoms with Gasteiger partial charge in [0.05, 0.1) is 24.8 Å². The van der Waals surface area contributed by atoms with E-state index in [1.165, 1.54) is 6.20 Å². The van der Waals surface area contributed by atoms with E-state index in [0.29, 0.717) is 31.0 Å². The number of hydrogen-bond donors (Lipinski definition) is 1. The summed E-state index contributed by atoms with van der Waals surface area (Å²) in [5, 5.41) is 0. The number of nitrogens with two attached hydrogens (primary N) is 1. The lowest BCUT2D eigenvalue weighted by molar-refractivity contribution is -0.00276. The smallest absolute Gasteiger partial charge is 0.257 e. The zero-order valence-corrected chi connectivity index (χ0v) is 9.93. The Hall–Kier alpha value is -1.62. The van der Waals surface area contributed by atoms with Gasteiger partial charge in [0.15, 0.2) is 0 Å². The number of pyridine rings is 1. The van der Waals surface area contributed by atoms with Crippen LogP contribution >= 0.6 is 0 Å². The molecule has 1 saturated heterocycles. The minimum absolute atomic E-state index is 0.0502. The highest BCUT2D eigenvalue weighted by Crippen LogP contribution is 2.17. The highest BCUT2D eigenvalue weighted by molar-refractivity contribution is 5.98. The first-order chi connectivity index (χ1) is 8.24. The number of ether oxygens (including phenoxy) is 1. The number of carbonyl (C=O) groups excluding carboxylic acids is 1. The third-order valence-corrected chi connectivity index (χ3v) is 3.04. The van der Waals surface area contributed by atoms with Crippen LogP contribution in [0.3, 0.4) is 0 Å². The fourth-order valence-electron chi connectivity index (χ4n) is 2.00. The van der Waals surface area contributed by atoms with Gasteiger partial charge < -0.3 is 15.4 Å². The molecular formula is C12H17N3O2. The number of nitrogens with zero attached hydrogens (tertiary/aromatic N) is 2. The first-order valence-electron chi connectivity index (χ1n) is 5.82. The summed E-state index contributed by atoms with van der Waals surface area (Å²) in [6.07, 6.45) is 3.99. The summed E-state index contributed by atoms with van der Waals surface area (Å²) in [7, 11) is 0. The lowest BCUT2D eigenvalue weighted by atomic mass is 10.1. The van der Waals surface area contributed by atoms with Crippen molar-refractivity contribution in [2.24, 2.45) is 0 Å². The van der Waals surface area contributed by atoms with E-state index < -0.39 is 0 Å². The van der Waals surface area contributed by atoms with E-state index in [2.05, 4.69) is 4.98 Å². The van der Waals surface area contributed by atoms with Crippen molar-refractivity contribution in [1.82, 2.24) is 9.88 Å². The van der Waals surface area contributed by atoms with Crippen molar-refractivity contribution in [1.29, 1.82) is 0 Å². The van der Waals surface area contributed by atoms with Crippen LogP contribution in [0.5, 0.6) is 0 Å². The Morgan fingerprint density at radius 3 is 3.24 bits per heavy atom. The second-order valence-corrected chi connectivity index (χ2v) is 4.10. The number of rotatable bonds is 2. The predicted octanol–water partition coefficient (Wildman–Crippen LogP) is 0.915. The quantitative estimate of drug-likeness (QED) is 0.827. The van der Waals surface area contributed by atoms with Crippen LogP contribution in [0.15, 0.2) is 18.5 Å². The lowest BCUT2D eigenvalue weighted by Gasteiger charge is -2.35. The molecule has 0 saturated carbocycles. The molecule has 5 heteroatoms. The zero-order valence-electron chi connectivity index (χ0n) is 9.93. The van der Waals surface area contributed by atoms with Gasteiger partial charge in [0.2, 0.25) is 0 Å². The maximum Gasteiger partial charge on any atom is 0.257 e. The molecule has 1 atom stereocenters. The van der Waals surface area contributed by atoms with Gasteiger partial charge in [-0.1, -0.05) is 6.92 Å². The number of anilines is 1. The lowest BCUT2D eigenvalue weighted by Crippen LogP contribution is -2.48. The number of amides is 1. The summed E-state index contributed by atoms with van der Waals surface area (Å²) in [6.45, 7) is 3.85. The molecule has 2 rings (SSSR count). The van der Waals surface area contributed by atoms with E-state index in [9.17, 15) is 4.79 Å². The second kappa shape index (κ2) is 5.14. The van der Waals surface area contributed by atoms with Crippen LogP contribution in [0.4, 0.5) is 5.69 Å². The van der Waals surface area contributed by atoms with E-state index in [0.717, 1.165) is 6.42 Å². The van der Waals surface area contributed by atoms with Gasteiger partial charge in [-0.15, -0.1) is 0 Å². The van der Waals surface area contributed by atoms with Gasteiger partial charge in [0.25, 0.3) is 5.91 Å². The van der Waals surface area contributed by atoms with Crippen LogP contribution in [-0.4, -0.2) is 41.6 Å². The Kier molecular flexibility index (Phi) is 3.58. The largest absolute Gasteiger partial charge is 0.398 e. The minimum Gasteiger partial charge on any atom is -0.398 e. The summed E-state index contributed by atoms with van der Waals surface area (Å²) in [4.78, 5) is 18.1. The maximum absolute atomic E-state index is 12.3. The molecule has 0 aliphatic carbocycles. The van der Waals surface area contributed by atoms with Gasteiger partial charge >= 0.3 is 0 Å². The van der Waals surface area contributed by atoms with Crippen molar-refractivity contribution in [3.05, 3.63) is 24.0 Å². The highest BCUT2D eigenvalue weighted by atomic mass is 16.5. The van der Waals surface area contributed by atoms with E-state index in [1.54, 1.807) is 12.3 Å². The van der Waals surface area contributed by atoms with Gasteiger partial charge in [0.1, 0.15) is 0 Å². The molecule has 0 bridgehead atoms. The van der Waals surface area contributed by atoms with Crippen LogP contribution in [0, 0.1) is 0 Å². The molecule has 17 heavy (non-hydrogen) atoms. The zero-order chi connectivity index (χ0) is 12.3. The van der Waals surface area contributed by atoms with Gasteiger partial charge in [-0.3, -0.25) is 9.78 Å². The number of nitrogen functional groups attached to an aromatic ring is 1. The van der Waals surface area contributed by atoms with E-state index in [1.807, 2.05) is 11.8 Å². The average molecular weight is 235 g/mol. The molecule has 5 nitrogen and oxygen atoms in total. The van der Waals surface area contributed by atoms with Crippen LogP contribution in [0.2, 0.25) is 0 Å². The first kappa shape index (κ1) is 11.9. The van der Waals surface area contributed by atoms with Crippen LogP contribution in [-0.2, 0) is 4.74 Å². The van der Waals surface area contributed by atoms with Crippen molar-refractivity contribution < 1.29 is 9.53 Å². The molecule has 2 heterocycles. The Balaban J connectivity index is 2.21. The third kappa shape index (κ3) is 2.39. The molecule has 0 aromatic carbocycles. The second-order valence-electron chi connectivity index (χ2n) is 4.10. The normalized spacial score (nSPS) is 20.3. The van der Waals surface area contributed by atoms with E-state index in [-0.39, 0.29) is 11.9 Å².